The maximum Gasteiger partial charge on any atom is 0.340 e. The number of nitrogens with zero attached hydrogens (tertiary/aromatic N) is 1. The van der Waals surface area contributed by atoms with Gasteiger partial charge in [0.15, 0.2) is 6.10 Å². The molecule has 1 saturated carbocycles. The second-order valence-electron chi connectivity index (χ2n) is 4.08. The van der Waals surface area contributed by atoms with Crippen LogP contribution >= 0.6 is 0 Å². The molecule has 2 rings (SSSR count). The highest BCUT2D eigenvalue weighted by molar-refractivity contribution is 5.89. The maximum absolute atomic E-state index is 11.7. The number of pyridine rings is 1. The molecule has 1 aliphatic rings. The number of hydrogen-bond donors (Lipinski definition) is 0. The van der Waals surface area contributed by atoms with Crippen molar-refractivity contribution in [2.24, 2.45) is 5.92 Å². The van der Waals surface area contributed by atoms with Crippen molar-refractivity contribution in [2.75, 3.05) is 0 Å². The summed E-state index contributed by atoms with van der Waals surface area (Å²) in [5.41, 5.74) is 1.39. The molecule has 0 aromatic carbocycles. The first kappa shape index (κ1) is 10.7. The van der Waals surface area contributed by atoms with Crippen LogP contribution in [0.15, 0.2) is 18.5 Å². The van der Waals surface area contributed by atoms with E-state index in [4.69, 9.17) is 11.2 Å². The molecule has 0 N–H and O–H groups in total. The molecule has 3 heteroatoms. The summed E-state index contributed by atoms with van der Waals surface area (Å²) in [7, 11) is 0. The average molecular weight is 215 g/mol. The molecular weight excluding hydrogens is 202 g/mol. The summed E-state index contributed by atoms with van der Waals surface area (Å²) in [5, 5.41) is 0. The van der Waals surface area contributed by atoms with E-state index in [9.17, 15) is 4.79 Å². The predicted molar refractivity (Wildman–Crippen MR) is 59.7 cm³/mol. The zero-order valence-electron chi connectivity index (χ0n) is 9.14. The molecule has 0 saturated heterocycles. The largest absolute Gasteiger partial charge is 0.445 e. The summed E-state index contributed by atoms with van der Waals surface area (Å²) >= 11 is 0. The molecule has 0 bridgehead atoms. The van der Waals surface area contributed by atoms with Gasteiger partial charge in [0.1, 0.15) is 0 Å². The Hall–Kier alpha value is -1.82. The van der Waals surface area contributed by atoms with Crippen molar-refractivity contribution in [3.05, 3.63) is 29.6 Å². The average Bonchev–Trinajstić information content (AvgIpc) is 3.09. The van der Waals surface area contributed by atoms with Crippen LogP contribution in [0.3, 0.4) is 0 Å². The van der Waals surface area contributed by atoms with Crippen LogP contribution in [0.25, 0.3) is 0 Å². The number of aromatic nitrogens is 1. The van der Waals surface area contributed by atoms with E-state index in [1.54, 1.807) is 12.3 Å². The van der Waals surface area contributed by atoms with Crippen LogP contribution in [0.4, 0.5) is 0 Å². The highest BCUT2D eigenvalue weighted by Crippen LogP contribution is 2.34. The van der Waals surface area contributed by atoms with Gasteiger partial charge in [0.25, 0.3) is 0 Å². The van der Waals surface area contributed by atoms with E-state index in [0.29, 0.717) is 11.5 Å². The molecule has 1 atom stereocenters. The summed E-state index contributed by atoms with van der Waals surface area (Å²) in [4.78, 5) is 15.7. The molecule has 1 aromatic heterocycles. The van der Waals surface area contributed by atoms with Crippen molar-refractivity contribution < 1.29 is 9.53 Å². The Kier molecular flexibility index (Phi) is 2.91. The number of rotatable bonds is 3. The monoisotopic (exact) mass is 215 g/mol. The highest BCUT2D eigenvalue weighted by atomic mass is 16.5. The summed E-state index contributed by atoms with van der Waals surface area (Å²) in [6.45, 7) is 1.88. The molecule has 1 fully saturated rings. The van der Waals surface area contributed by atoms with Gasteiger partial charge in [-0.25, -0.2) is 4.79 Å². The van der Waals surface area contributed by atoms with Crippen LogP contribution in [-0.4, -0.2) is 17.1 Å². The molecule has 0 unspecified atom stereocenters. The maximum atomic E-state index is 11.7. The Morgan fingerprint density at radius 1 is 1.62 bits per heavy atom. The summed E-state index contributed by atoms with van der Waals surface area (Å²) in [6, 6.07) is 1.75. The van der Waals surface area contributed by atoms with Gasteiger partial charge in [-0.1, -0.05) is 5.92 Å². The molecule has 0 radical (unpaired) electrons. The molecule has 3 nitrogen and oxygen atoms in total. The Morgan fingerprint density at radius 2 is 2.38 bits per heavy atom. The molecule has 82 valence electrons. The van der Waals surface area contributed by atoms with E-state index in [0.717, 1.165) is 18.4 Å². The molecule has 1 aromatic rings. The van der Waals surface area contributed by atoms with Gasteiger partial charge in [0.2, 0.25) is 0 Å². The lowest BCUT2D eigenvalue weighted by Crippen LogP contribution is -2.18. The van der Waals surface area contributed by atoms with Gasteiger partial charge >= 0.3 is 5.97 Å². The smallest absolute Gasteiger partial charge is 0.340 e. The zero-order valence-corrected chi connectivity index (χ0v) is 9.14. The van der Waals surface area contributed by atoms with Crippen LogP contribution in [0.5, 0.6) is 0 Å². The summed E-state index contributed by atoms with van der Waals surface area (Å²) in [6.07, 6.45) is 10.2. The number of hydrogen-bond acceptors (Lipinski definition) is 3. The van der Waals surface area contributed by atoms with E-state index >= 15 is 0 Å². The summed E-state index contributed by atoms with van der Waals surface area (Å²) in [5.74, 6) is 2.49. The van der Waals surface area contributed by atoms with Gasteiger partial charge in [0.05, 0.1) is 5.56 Å². The number of carbonyl (C=O) groups excluding carboxylic acids is 1. The standard InChI is InChI=1S/C13H13NO2/c1-3-12(10-4-5-10)16-13(15)11-6-9(2)7-14-8-11/h1,6-8,10,12H,4-5H2,2H3/t12-/m0/s1. The van der Waals surface area contributed by atoms with Crippen molar-refractivity contribution >= 4 is 5.97 Å². The van der Waals surface area contributed by atoms with E-state index in [2.05, 4.69) is 10.9 Å². The third kappa shape index (κ3) is 2.40. The fourth-order valence-corrected chi connectivity index (χ4v) is 1.52. The first-order chi connectivity index (χ1) is 7.70. The third-order valence-electron chi connectivity index (χ3n) is 2.56. The normalized spacial score (nSPS) is 16.2. The lowest BCUT2D eigenvalue weighted by Gasteiger charge is -2.11. The first-order valence-electron chi connectivity index (χ1n) is 5.29. The quantitative estimate of drug-likeness (QED) is 0.571. The lowest BCUT2D eigenvalue weighted by atomic mass is 10.2. The lowest BCUT2D eigenvalue weighted by molar-refractivity contribution is 0.0373. The fraction of sp³-hybridized carbons (Fsp3) is 0.385. The van der Waals surface area contributed by atoms with Gasteiger partial charge in [-0.15, -0.1) is 6.42 Å². The van der Waals surface area contributed by atoms with Crippen LogP contribution in [0.2, 0.25) is 0 Å². The molecular formula is C13H13NO2. The van der Waals surface area contributed by atoms with E-state index in [-0.39, 0.29) is 12.1 Å². The molecule has 0 aliphatic heterocycles. The SMILES string of the molecule is C#C[C@H](OC(=O)c1cncc(C)c1)C1CC1. The number of carbonyl (C=O) groups is 1. The molecule has 16 heavy (non-hydrogen) atoms. The van der Waals surface area contributed by atoms with Gasteiger partial charge in [-0.2, -0.15) is 0 Å². The van der Waals surface area contributed by atoms with E-state index < -0.39 is 0 Å². The molecule has 1 aliphatic carbocycles. The minimum Gasteiger partial charge on any atom is -0.445 e. The van der Waals surface area contributed by atoms with Crippen molar-refractivity contribution in [1.82, 2.24) is 4.98 Å². The molecule has 1 heterocycles. The topological polar surface area (TPSA) is 39.2 Å². The second kappa shape index (κ2) is 4.36. The first-order valence-corrected chi connectivity index (χ1v) is 5.29. The van der Waals surface area contributed by atoms with Gasteiger partial charge in [-0.05, 0) is 31.4 Å². The Morgan fingerprint density at radius 3 is 2.94 bits per heavy atom. The van der Waals surface area contributed by atoms with Crippen molar-refractivity contribution in [3.8, 4) is 12.3 Å². The van der Waals surface area contributed by atoms with Crippen molar-refractivity contribution in [1.29, 1.82) is 0 Å². The van der Waals surface area contributed by atoms with Gasteiger partial charge in [0, 0.05) is 18.3 Å². The van der Waals surface area contributed by atoms with Gasteiger partial charge < -0.3 is 4.74 Å². The van der Waals surface area contributed by atoms with Crippen LogP contribution in [0.1, 0.15) is 28.8 Å². The van der Waals surface area contributed by atoms with E-state index in [1.807, 2.05) is 6.92 Å². The second-order valence-corrected chi connectivity index (χ2v) is 4.08. The Bertz CT molecular complexity index is 443. The Labute approximate surface area is 94.8 Å². The third-order valence-corrected chi connectivity index (χ3v) is 2.56. The van der Waals surface area contributed by atoms with Crippen LogP contribution < -0.4 is 0 Å². The molecule has 0 spiro atoms. The minimum absolute atomic E-state index is 0.353. The fourth-order valence-electron chi connectivity index (χ4n) is 1.52. The summed E-state index contributed by atoms with van der Waals surface area (Å²) < 4.78 is 5.25. The predicted octanol–water partition coefficient (Wildman–Crippen LogP) is 1.96. The van der Waals surface area contributed by atoms with Crippen LogP contribution in [-0.2, 0) is 4.74 Å². The Balaban J connectivity index is 2.05. The van der Waals surface area contributed by atoms with Crippen molar-refractivity contribution in [2.45, 2.75) is 25.9 Å². The minimum atomic E-state index is -0.383. The number of esters is 1. The van der Waals surface area contributed by atoms with Crippen LogP contribution in [0, 0.1) is 25.2 Å². The molecule has 0 amide bonds. The van der Waals surface area contributed by atoms with Gasteiger partial charge in [-0.3, -0.25) is 4.98 Å². The number of ether oxygens (including phenoxy) is 1. The van der Waals surface area contributed by atoms with E-state index in [1.165, 1.54) is 6.20 Å². The number of terminal acetylenes is 1. The number of aryl methyl sites for hydroxylation is 1. The zero-order chi connectivity index (χ0) is 11.5. The highest BCUT2D eigenvalue weighted by Gasteiger charge is 2.33. The van der Waals surface area contributed by atoms with Crippen molar-refractivity contribution in [3.63, 3.8) is 0 Å².